The fourth-order valence-corrected chi connectivity index (χ4v) is 8.45. The predicted octanol–water partition coefficient (Wildman–Crippen LogP) is 7.51. The lowest BCUT2D eigenvalue weighted by Gasteiger charge is -2.59. The van der Waals surface area contributed by atoms with Gasteiger partial charge in [0.25, 0.3) is 0 Å². The molecule has 13 nitrogen and oxygen atoms in total. The van der Waals surface area contributed by atoms with Gasteiger partial charge in [0, 0.05) is 44.7 Å². The molecule has 58 heavy (non-hydrogen) atoms. The third-order valence-corrected chi connectivity index (χ3v) is 10.9. The molecule has 1 heterocycles. The molecule has 0 bridgehead atoms. The van der Waals surface area contributed by atoms with E-state index in [2.05, 4.69) is 18.0 Å². The van der Waals surface area contributed by atoms with E-state index in [1.807, 2.05) is 64.1 Å². The van der Waals surface area contributed by atoms with Crippen molar-refractivity contribution in [1.29, 1.82) is 0 Å². The van der Waals surface area contributed by atoms with Crippen LogP contribution >= 0.6 is 0 Å². The summed E-state index contributed by atoms with van der Waals surface area (Å²) >= 11 is 0. The highest BCUT2D eigenvalue weighted by molar-refractivity contribution is 6.03. The molecule has 1 aliphatic heterocycles. The number of carbonyl (C=O) groups excluding carboxylic acids is 2. The molecule has 3 aliphatic rings. The molecule has 6 atom stereocenters. The predicted molar refractivity (Wildman–Crippen MR) is 221 cm³/mol. The Morgan fingerprint density at radius 3 is 2.48 bits per heavy atom. The summed E-state index contributed by atoms with van der Waals surface area (Å²) in [6.07, 6.45) is 7.47. The van der Waals surface area contributed by atoms with Crippen LogP contribution in [0.5, 0.6) is 11.5 Å². The average molecular weight is 806 g/mol. The fraction of sp³-hybridized carbons (Fsp3) is 0.578. The van der Waals surface area contributed by atoms with Crippen molar-refractivity contribution in [2.24, 2.45) is 22.9 Å². The van der Waals surface area contributed by atoms with Crippen molar-refractivity contribution >= 4 is 17.9 Å². The number of nitrogens with one attached hydrogen (secondary N) is 1. The van der Waals surface area contributed by atoms with E-state index >= 15 is 0 Å². The van der Waals surface area contributed by atoms with Crippen LogP contribution in [0.3, 0.4) is 0 Å². The standard InChI is InChI=1S/C45H63N3O10/c1-7-24-55-45-39(48(6)43(52)54-26-25-53-30-31-16-10-9-11-17-31)29-37(47-58-44(3,4)5)35-27-32(18-12-14-22-49)34(19-13-15-23-50)40(41(35)45)36-28-33(20-21-38(36)57-45)56-42(51)46-8-2/h7,9-11,16-17,20-21,27-28,32,34,39-41,49-50H,1,8,12-15,18-19,22-26,29-30H2,2-6H3,(H,46,51)/t32-,34+,39-,40+,41+,45+/m0/s1. The minimum absolute atomic E-state index is 0.00984. The van der Waals surface area contributed by atoms with Crippen molar-refractivity contribution in [2.45, 2.75) is 103 Å². The van der Waals surface area contributed by atoms with Gasteiger partial charge in [-0.3, -0.25) is 0 Å². The van der Waals surface area contributed by atoms with E-state index in [1.165, 1.54) is 4.90 Å². The summed E-state index contributed by atoms with van der Waals surface area (Å²) in [5.74, 6) is -1.27. The second-order valence-corrected chi connectivity index (χ2v) is 16.2. The molecule has 1 fully saturated rings. The fourth-order valence-electron chi connectivity index (χ4n) is 8.45. The zero-order valence-electron chi connectivity index (χ0n) is 34.8. The number of ether oxygens (including phenoxy) is 5. The van der Waals surface area contributed by atoms with Crippen molar-refractivity contribution in [3.05, 3.63) is 84.0 Å². The monoisotopic (exact) mass is 805 g/mol. The first kappa shape index (κ1) is 44.7. The van der Waals surface area contributed by atoms with Gasteiger partial charge in [-0.1, -0.05) is 60.5 Å². The molecule has 0 aromatic heterocycles. The SMILES string of the molecule is C=CCO[C@@]12Oc3ccc(OC(=O)NCC)cc3[C@H]3[C@H](CCCCO)[C@@H](CCCCO)C=C(C(=NOC(C)(C)C)C[C@@H]1N(C)C(=O)OCCOCc1ccccc1)[C@H]32. The third kappa shape index (κ3) is 11.0. The van der Waals surface area contributed by atoms with Gasteiger partial charge in [0.1, 0.15) is 29.7 Å². The van der Waals surface area contributed by atoms with Crippen molar-refractivity contribution in [1.82, 2.24) is 10.2 Å². The zero-order valence-corrected chi connectivity index (χ0v) is 34.8. The van der Waals surface area contributed by atoms with Crippen molar-refractivity contribution < 1.29 is 48.3 Å². The maximum Gasteiger partial charge on any atom is 0.412 e. The first-order chi connectivity index (χ1) is 28.0. The Labute approximate surface area is 343 Å². The smallest absolute Gasteiger partial charge is 0.412 e. The van der Waals surface area contributed by atoms with E-state index in [0.29, 0.717) is 43.2 Å². The van der Waals surface area contributed by atoms with E-state index < -0.39 is 35.5 Å². The summed E-state index contributed by atoms with van der Waals surface area (Å²) in [5.41, 5.74) is 2.82. The molecule has 2 aliphatic carbocycles. The van der Waals surface area contributed by atoms with Crippen LogP contribution in [-0.2, 0) is 25.7 Å². The van der Waals surface area contributed by atoms with Gasteiger partial charge in [-0.05, 0) is 94.5 Å². The second kappa shape index (κ2) is 21.0. The minimum atomic E-state index is -1.44. The zero-order chi connectivity index (χ0) is 41.7. The molecule has 1 saturated carbocycles. The maximum atomic E-state index is 14.1. The number of oxime groups is 1. The van der Waals surface area contributed by atoms with Crippen molar-refractivity contribution in [3.63, 3.8) is 0 Å². The number of amides is 2. The van der Waals surface area contributed by atoms with Crippen LogP contribution in [-0.4, -0.2) is 97.1 Å². The number of hydrogen-bond donors (Lipinski definition) is 3. The van der Waals surface area contributed by atoms with Gasteiger partial charge in [0.15, 0.2) is 0 Å². The molecule has 0 spiro atoms. The van der Waals surface area contributed by atoms with E-state index in [9.17, 15) is 19.8 Å². The van der Waals surface area contributed by atoms with Gasteiger partial charge < -0.3 is 49.0 Å². The molecule has 5 rings (SSSR count). The number of benzene rings is 2. The van der Waals surface area contributed by atoms with Crippen LogP contribution in [0.25, 0.3) is 0 Å². The summed E-state index contributed by atoms with van der Waals surface area (Å²) in [7, 11) is 1.68. The van der Waals surface area contributed by atoms with Crippen molar-refractivity contribution in [2.75, 3.05) is 46.6 Å². The van der Waals surface area contributed by atoms with Gasteiger partial charge >= 0.3 is 12.2 Å². The van der Waals surface area contributed by atoms with Crippen LogP contribution < -0.4 is 14.8 Å². The van der Waals surface area contributed by atoms with Gasteiger partial charge in [-0.15, -0.1) is 6.58 Å². The topological polar surface area (TPSA) is 158 Å². The van der Waals surface area contributed by atoms with Gasteiger partial charge in [-0.25, -0.2) is 9.59 Å². The summed E-state index contributed by atoms with van der Waals surface area (Å²) in [5, 5.41) is 27.2. The number of aliphatic hydroxyl groups is 2. The lowest BCUT2D eigenvalue weighted by molar-refractivity contribution is -0.253. The number of rotatable bonds is 20. The molecular weight excluding hydrogens is 743 g/mol. The molecule has 2 aromatic rings. The summed E-state index contributed by atoms with van der Waals surface area (Å²) in [4.78, 5) is 34.4. The maximum absolute atomic E-state index is 14.1. The van der Waals surface area contributed by atoms with Gasteiger partial charge in [-0.2, -0.15) is 0 Å². The Hall–Kier alpha value is -4.43. The first-order valence-corrected chi connectivity index (χ1v) is 20.7. The van der Waals surface area contributed by atoms with E-state index in [-0.39, 0.29) is 57.2 Å². The molecule has 0 saturated heterocycles. The number of nitrogens with zero attached hydrogens (tertiary/aromatic N) is 2. The third-order valence-electron chi connectivity index (χ3n) is 10.9. The van der Waals surface area contributed by atoms with Crippen LogP contribution in [0.1, 0.15) is 89.7 Å². The molecular formula is C45H63N3O10. The molecule has 0 unspecified atom stereocenters. The molecule has 2 aromatic carbocycles. The first-order valence-electron chi connectivity index (χ1n) is 20.7. The highest BCUT2D eigenvalue weighted by atomic mass is 16.7. The number of allylic oxidation sites excluding steroid dienone is 1. The molecule has 0 radical (unpaired) electrons. The van der Waals surface area contributed by atoms with Gasteiger partial charge in [0.2, 0.25) is 5.79 Å². The highest BCUT2D eigenvalue weighted by Crippen LogP contribution is 2.61. The van der Waals surface area contributed by atoms with Crippen LogP contribution in [0.2, 0.25) is 0 Å². The summed E-state index contributed by atoms with van der Waals surface area (Å²) in [6.45, 7) is 12.9. The number of aliphatic hydroxyl groups excluding tert-OH is 2. The Morgan fingerprint density at radius 1 is 1.05 bits per heavy atom. The van der Waals surface area contributed by atoms with E-state index in [0.717, 1.165) is 42.4 Å². The lowest BCUT2D eigenvalue weighted by Crippen LogP contribution is -2.69. The number of likely N-dealkylation sites (N-methyl/N-ethyl adjacent to an activating group) is 1. The molecule has 3 N–H and O–H groups in total. The van der Waals surface area contributed by atoms with Crippen LogP contribution in [0, 0.1) is 17.8 Å². The molecule has 13 heteroatoms. The number of unbranched alkanes of at least 4 members (excludes halogenated alkanes) is 2. The average Bonchev–Trinajstić information content (AvgIpc) is 3.20. The molecule has 2 amide bonds. The minimum Gasteiger partial charge on any atom is -0.459 e. The normalized spacial score (nSPS) is 24.1. The number of carbonyl (C=O) groups is 2. The summed E-state index contributed by atoms with van der Waals surface area (Å²) in [6, 6.07) is 14.4. The highest BCUT2D eigenvalue weighted by Gasteiger charge is 2.65. The van der Waals surface area contributed by atoms with E-state index in [4.69, 9.17) is 33.7 Å². The summed E-state index contributed by atoms with van der Waals surface area (Å²) < 4.78 is 31.4. The van der Waals surface area contributed by atoms with Crippen molar-refractivity contribution in [3.8, 4) is 11.5 Å². The number of hydrogen-bond acceptors (Lipinski definition) is 11. The van der Waals surface area contributed by atoms with E-state index in [1.54, 1.807) is 25.3 Å². The largest absolute Gasteiger partial charge is 0.459 e. The van der Waals surface area contributed by atoms with Gasteiger partial charge in [0.05, 0.1) is 31.5 Å². The Morgan fingerprint density at radius 2 is 1.79 bits per heavy atom. The van der Waals surface area contributed by atoms with Crippen LogP contribution in [0.4, 0.5) is 9.59 Å². The second-order valence-electron chi connectivity index (χ2n) is 16.2. The Kier molecular flexibility index (Phi) is 16.2. The van der Waals surface area contributed by atoms with Crippen LogP contribution in [0.15, 0.2) is 78.0 Å². The molecule has 318 valence electrons. The lowest BCUT2D eigenvalue weighted by atomic mass is 9.55. The quantitative estimate of drug-likeness (QED) is 0.0695. The Bertz CT molecular complexity index is 1730. The number of fused-ring (bicyclic) bond motifs is 2. The Balaban J connectivity index is 1.62.